The van der Waals surface area contributed by atoms with E-state index in [2.05, 4.69) is 14.6 Å². The maximum atomic E-state index is 14.6. The molecule has 13 nitrogen and oxygen atoms in total. The predicted molar refractivity (Wildman–Crippen MR) is 204 cm³/mol. The lowest BCUT2D eigenvalue weighted by molar-refractivity contribution is -0.142. The third-order valence-corrected chi connectivity index (χ3v) is 14.1. The highest BCUT2D eigenvalue weighted by Gasteiger charge is 2.63. The fourth-order valence-corrected chi connectivity index (χ4v) is 10.2. The van der Waals surface area contributed by atoms with Crippen LogP contribution in [0.3, 0.4) is 0 Å². The van der Waals surface area contributed by atoms with Crippen LogP contribution in [0.2, 0.25) is 0 Å². The van der Waals surface area contributed by atoms with E-state index in [0.29, 0.717) is 44.7 Å². The Kier molecular flexibility index (Phi) is 10.9. The number of para-hydroxylation sites is 2. The highest BCUT2D eigenvalue weighted by Crippen LogP contribution is 2.58. The van der Waals surface area contributed by atoms with Crippen molar-refractivity contribution in [1.82, 2.24) is 24.5 Å². The number of ether oxygens (including phenoxy) is 2. The zero-order valence-corrected chi connectivity index (χ0v) is 33.9. The van der Waals surface area contributed by atoms with Gasteiger partial charge in [-0.05, 0) is 76.3 Å². The first-order valence-electron chi connectivity index (χ1n) is 19.8. The van der Waals surface area contributed by atoms with Gasteiger partial charge in [-0.2, -0.15) is 4.98 Å². The molecule has 0 radical (unpaired) electrons. The minimum atomic E-state index is -3.96. The summed E-state index contributed by atoms with van der Waals surface area (Å²) in [5.74, 6) is -1.60. The number of amides is 3. The number of nitrogens with one attached hydrogen (secondary N) is 2. The van der Waals surface area contributed by atoms with E-state index in [4.69, 9.17) is 14.5 Å². The number of fused-ring (bicyclic) bond motifs is 5. The van der Waals surface area contributed by atoms with Gasteiger partial charge in [0.1, 0.15) is 17.7 Å². The molecule has 1 unspecified atom stereocenters. The van der Waals surface area contributed by atoms with Gasteiger partial charge in [-0.1, -0.05) is 71.9 Å². The van der Waals surface area contributed by atoms with E-state index in [9.17, 15) is 27.6 Å². The summed E-state index contributed by atoms with van der Waals surface area (Å²) < 4.78 is 43.2. The maximum absolute atomic E-state index is 14.6. The Morgan fingerprint density at radius 1 is 1.04 bits per heavy atom. The Morgan fingerprint density at radius 3 is 2.37 bits per heavy atom. The molecule has 3 amide bonds. The molecule has 54 heavy (non-hydrogen) atoms. The number of nitrogens with zero attached hydrogens (tertiary/aromatic N) is 3. The summed E-state index contributed by atoms with van der Waals surface area (Å²) in [7, 11) is -3.96. The molecule has 2 spiro atoms. The fourth-order valence-electron chi connectivity index (χ4n) is 8.47. The van der Waals surface area contributed by atoms with Crippen molar-refractivity contribution in [2.24, 2.45) is 16.7 Å². The first-order valence-corrected chi connectivity index (χ1v) is 21.3. The average Bonchev–Trinajstić information content (AvgIpc) is 3.94. The average molecular weight is 770 g/mol. The number of sulfonamides is 1. The first kappa shape index (κ1) is 40.0. The molecule has 298 valence electrons. The van der Waals surface area contributed by atoms with Gasteiger partial charge in [-0.25, -0.2) is 13.2 Å². The van der Waals surface area contributed by atoms with Crippen molar-refractivity contribution in [2.75, 3.05) is 6.54 Å². The van der Waals surface area contributed by atoms with Crippen molar-refractivity contribution >= 4 is 44.7 Å². The van der Waals surface area contributed by atoms with Gasteiger partial charge in [0.15, 0.2) is 5.78 Å². The van der Waals surface area contributed by atoms with Crippen LogP contribution in [0, 0.1) is 16.7 Å². The smallest absolute Gasteiger partial charge is 0.408 e. The second-order valence-electron chi connectivity index (χ2n) is 18.2. The number of benzene rings is 1. The standard InChI is InChI=1S/C40H59N5O8S/c1-8-26-23-40(26)24-31(46)30-22-27(25-45(30)33(47)32(37(2,3)4)42-36(49)53-38(5,6)7)52-35-41-28-16-12-13-17-29(28)44(35)21-15-11-9-10-14-18-39(19-20-39)54(50,51)43-34(40)48/h12-13,16-17,26-27,30,32H,8-11,14-15,18-25H2,1-7H3,(H,42,49)(H,43,48)/t26-,27?,30+,32-,40-/m1/s1. The number of hydrogen-bond acceptors (Lipinski definition) is 9. The molecule has 3 fully saturated rings. The molecule has 2 aliphatic heterocycles. The van der Waals surface area contributed by atoms with Gasteiger partial charge in [0.05, 0.1) is 33.8 Å². The van der Waals surface area contributed by atoms with Crippen LogP contribution in [0.1, 0.15) is 126 Å². The number of imidazole rings is 1. The zero-order chi connectivity index (χ0) is 39.3. The number of alkyl carbamates (subject to hydrolysis) is 1. The second-order valence-corrected chi connectivity index (χ2v) is 20.3. The summed E-state index contributed by atoms with van der Waals surface area (Å²) in [5.41, 5.74) is -1.05. The fraction of sp³-hybridized carbons (Fsp3) is 0.725. The van der Waals surface area contributed by atoms with Gasteiger partial charge in [0.25, 0.3) is 6.01 Å². The van der Waals surface area contributed by atoms with Crippen LogP contribution >= 0.6 is 0 Å². The quantitative estimate of drug-likeness (QED) is 0.379. The van der Waals surface area contributed by atoms with Crippen molar-refractivity contribution in [3.63, 3.8) is 0 Å². The summed E-state index contributed by atoms with van der Waals surface area (Å²) >= 11 is 0. The van der Waals surface area contributed by atoms with E-state index in [1.54, 1.807) is 20.8 Å². The minimum Gasteiger partial charge on any atom is -0.459 e. The molecule has 3 heterocycles. The Labute approximate surface area is 319 Å². The lowest BCUT2D eigenvalue weighted by Crippen LogP contribution is -2.57. The number of hydrogen-bond donors (Lipinski definition) is 2. The molecule has 2 saturated carbocycles. The monoisotopic (exact) mass is 769 g/mol. The topological polar surface area (TPSA) is 166 Å². The number of carbonyl (C=O) groups is 4. The zero-order valence-electron chi connectivity index (χ0n) is 33.0. The molecular formula is C40H59N5O8S. The Bertz CT molecular complexity index is 1870. The number of rotatable bonds is 3. The lowest BCUT2D eigenvalue weighted by Gasteiger charge is -2.36. The number of carbonyl (C=O) groups excluding carboxylic acids is 4. The summed E-state index contributed by atoms with van der Waals surface area (Å²) in [6.07, 6.45) is 5.47. The van der Waals surface area contributed by atoms with Crippen LogP contribution in [0.4, 0.5) is 4.79 Å². The second kappa shape index (κ2) is 14.8. The van der Waals surface area contributed by atoms with Gasteiger partial charge in [0, 0.05) is 19.4 Å². The first-order chi connectivity index (χ1) is 25.3. The third kappa shape index (κ3) is 8.28. The number of ketones is 1. The van der Waals surface area contributed by atoms with Crippen molar-refractivity contribution < 1.29 is 37.1 Å². The highest BCUT2D eigenvalue weighted by atomic mass is 32.2. The van der Waals surface area contributed by atoms with Crippen molar-refractivity contribution in [2.45, 2.75) is 161 Å². The molecule has 2 bridgehead atoms. The van der Waals surface area contributed by atoms with Crippen LogP contribution in [-0.2, 0) is 35.7 Å². The third-order valence-electron chi connectivity index (χ3n) is 11.9. The van der Waals surface area contributed by atoms with Crippen molar-refractivity contribution in [1.29, 1.82) is 0 Å². The molecule has 14 heteroatoms. The van der Waals surface area contributed by atoms with Crippen LogP contribution < -0.4 is 14.8 Å². The number of likely N-dealkylation sites (tertiary alicyclic amines) is 1. The predicted octanol–water partition coefficient (Wildman–Crippen LogP) is 6.03. The highest BCUT2D eigenvalue weighted by molar-refractivity contribution is 7.91. The van der Waals surface area contributed by atoms with Crippen molar-refractivity contribution in [3.8, 4) is 6.01 Å². The van der Waals surface area contributed by atoms with Crippen molar-refractivity contribution in [3.05, 3.63) is 24.3 Å². The van der Waals surface area contributed by atoms with Crippen LogP contribution in [0.25, 0.3) is 11.0 Å². The normalized spacial score (nSPS) is 28.1. The molecule has 2 aromatic rings. The summed E-state index contributed by atoms with van der Waals surface area (Å²) in [6.45, 7) is 13.3. The Balaban J connectivity index is 1.35. The maximum Gasteiger partial charge on any atom is 0.408 e. The largest absolute Gasteiger partial charge is 0.459 e. The number of aryl methyl sites for hydroxylation is 1. The SMILES string of the molecule is CC[C@@H]1C[C@@]12CC(=O)[C@@H]1CC(CN1C(=O)[C@@H](NC(=O)OC(C)(C)C)C(C)(C)C)Oc1nc3ccccc3n1CCCCCCCC1(CC1)S(=O)(=O)NC2=O. The van der Waals surface area contributed by atoms with E-state index in [-0.39, 0.29) is 31.1 Å². The molecule has 6 rings (SSSR count). The van der Waals surface area contributed by atoms with Gasteiger partial charge < -0.3 is 19.7 Å². The number of Topliss-reactive ketones (excluding diaryl/α,β-unsaturated/α-hetero) is 1. The molecular weight excluding hydrogens is 711 g/mol. The summed E-state index contributed by atoms with van der Waals surface area (Å²) in [5, 5.41) is 2.77. The van der Waals surface area contributed by atoms with Gasteiger partial charge in [0.2, 0.25) is 21.8 Å². The molecule has 2 aliphatic carbocycles. The Morgan fingerprint density at radius 2 is 1.72 bits per heavy atom. The van der Waals surface area contributed by atoms with E-state index in [0.717, 1.165) is 43.1 Å². The van der Waals surface area contributed by atoms with E-state index >= 15 is 0 Å². The Hall–Kier alpha value is -3.68. The molecule has 4 aliphatic rings. The molecule has 1 aromatic heterocycles. The van der Waals surface area contributed by atoms with Crippen LogP contribution in [0.15, 0.2) is 24.3 Å². The lowest BCUT2D eigenvalue weighted by atomic mass is 9.85. The molecule has 1 aromatic carbocycles. The number of aromatic nitrogens is 2. The molecule has 2 N–H and O–H groups in total. The van der Waals surface area contributed by atoms with E-state index in [1.807, 2.05) is 52.0 Å². The van der Waals surface area contributed by atoms with Gasteiger partial charge in [-0.3, -0.25) is 23.7 Å². The minimum absolute atomic E-state index is 0.0499. The van der Waals surface area contributed by atoms with E-state index < -0.39 is 67.3 Å². The van der Waals surface area contributed by atoms with Crippen LogP contribution in [-0.4, -0.2) is 81.6 Å². The van der Waals surface area contributed by atoms with E-state index in [1.165, 1.54) is 4.90 Å². The molecule has 1 saturated heterocycles. The molecule has 5 atom stereocenters. The summed E-state index contributed by atoms with van der Waals surface area (Å²) in [4.78, 5) is 62.6. The van der Waals surface area contributed by atoms with Gasteiger partial charge >= 0.3 is 6.09 Å². The van der Waals surface area contributed by atoms with Crippen LogP contribution in [0.5, 0.6) is 6.01 Å². The van der Waals surface area contributed by atoms with Gasteiger partial charge in [-0.15, -0.1) is 0 Å². The summed E-state index contributed by atoms with van der Waals surface area (Å²) in [6, 6.07) is 6.19.